The van der Waals surface area contributed by atoms with Gasteiger partial charge in [0.2, 0.25) is 0 Å². The highest BCUT2D eigenvalue weighted by molar-refractivity contribution is 5.96. The number of hydrogen-bond donors (Lipinski definition) is 1. The number of hydrogen-bond acceptors (Lipinski definition) is 4. The second-order valence-electron chi connectivity index (χ2n) is 5.05. The number of aliphatic carboxylic acids is 1. The van der Waals surface area contributed by atoms with Crippen LogP contribution in [0.2, 0.25) is 0 Å². The molecule has 0 heterocycles. The monoisotopic (exact) mass is 309 g/mol. The first-order valence-corrected chi connectivity index (χ1v) is 6.97. The van der Waals surface area contributed by atoms with Crippen molar-refractivity contribution < 1.29 is 19.4 Å². The standard InChI is InChI=1S/C18H15NO4/c1-12(20)17-6-5-16(8-15(17)9-18(21)22)23-11-14-4-2-3-13(7-14)10-19/h2-8H,9,11H2,1H3,(H,21,22). The minimum absolute atomic E-state index is 0.186. The summed E-state index contributed by atoms with van der Waals surface area (Å²) in [6.07, 6.45) is -0.240. The summed E-state index contributed by atoms with van der Waals surface area (Å²) in [4.78, 5) is 22.5. The van der Waals surface area contributed by atoms with Gasteiger partial charge in [-0.2, -0.15) is 5.26 Å². The third-order valence-electron chi connectivity index (χ3n) is 3.26. The summed E-state index contributed by atoms with van der Waals surface area (Å²) >= 11 is 0. The van der Waals surface area contributed by atoms with E-state index in [0.717, 1.165) is 5.56 Å². The van der Waals surface area contributed by atoms with Crippen LogP contribution in [0, 0.1) is 11.3 Å². The van der Waals surface area contributed by atoms with E-state index in [1.165, 1.54) is 6.92 Å². The van der Waals surface area contributed by atoms with E-state index >= 15 is 0 Å². The zero-order chi connectivity index (χ0) is 16.8. The van der Waals surface area contributed by atoms with Crippen molar-refractivity contribution in [2.75, 3.05) is 0 Å². The van der Waals surface area contributed by atoms with Crippen LogP contribution in [0.3, 0.4) is 0 Å². The lowest BCUT2D eigenvalue weighted by molar-refractivity contribution is -0.136. The van der Waals surface area contributed by atoms with E-state index in [0.29, 0.717) is 22.4 Å². The third kappa shape index (κ3) is 4.42. The number of nitriles is 1. The van der Waals surface area contributed by atoms with Crippen LogP contribution in [-0.4, -0.2) is 16.9 Å². The van der Waals surface area contributed by atoms with Gasteiger partial charge < -0.3 is 9.84 Å². The molecule has 0 amide bonds. The molecular weight excluding hydrogens is 294 g/mol. The van der Waals surface area contributed by atoms with Gasteiger partial charge in [0, 0.05) is 5.56 Å². The molecule has 116 valence electrons. The Morgan fingerprint density at radius 2 is 2.00 bits per heavy atom. The molecule has 0 fully saturated rings. The molecule has 0 saturated carbocycles. The number of carbonyl (C=O) groups excluding carboxylic acids is 1. The minimum atomic E-state index is -1.01. The van der Waals surface area contributed by atoms with E-state index < -0.39 is 5.97 Å². The van der Waals surface area contributed by atoms with Crippen molar-refractivity contribution in [1.82, 2.24) is 0 Å². The van der Waals surface area contributed by atoms with Gasteiger partial charge in [-0.1, -0.05) is 12.1 Å². The number of ketones is 1. The Labute approximate surface area is 133 Å². The Morgan fingerprint density at radius 3 is 2.65 bits per heavy atom. The van der Waals surface area contributed by atoms with E-state index in [9.17, 15) is 9.59 Å². The van der Waals surface area contributed by atoms with Gasteiger partial charge in [0.25, 0.3) is 0 Å². The summed E-state index contributed by atoms with van der Waals surface area (Å²) in [6, 6.07) is 13.9. The van der Waals surface area contributed by atoms with Crippen LogP contribution in [0.25, 0.3) is 0 Å². The van der Waals surface area contributed by atoms with Gasteiger partial charge in [-0.25, -0.2) is 0 Å². The van der Waals surface area contributed by atoms with Crippen molar-refractivity contribution in [3.63, 3.8) is 0 Å². The van der Waals surface area contributed by atoms with E-state index in [1.807, 2.05) is 6.07 Å². The summed E-state index contributed by atoms with van der Waals surface area (Å²) in [7, 11) is 0. The van der Waals surface area contributed by atoms with Gasteiger partial charge >= 0.3 is 5.97 Å². The van der Waals surface area contributed by atoms with Gasteiger partial charge in [-0.3, -0.25) is 9.59 Å². The second-order valence-corrected chi connectivity index (χ2v) is 5.05. The number of nitrogens with zero attached hydrogens (tertiary/aromatic N) is 1. The number of Topliss-reactive ketones (excluding diaryl/α,β-unsaturated/α-hetero) is 1. The molecule has 0 bridgehead atoms. The Kier molecular flexibility index (Phi) is 5.11. The molecule has 0 aliphatic heterocycles. The van der Waals surface area contributed by atoms with Crippen molar-refractivity contribution in [2.45, 2.75) is 20.0 Å². The lowest BCUT2D eigenvalue weighted by atomic mass is 10.0. The van der Waals surface area contributed by atoms with Crippen LogP contribution in [-0.2, 0) is 17.8 Å². The van der Waals surface area contributed by atoms with E-state index in [1.54, 1.807) is 36.4 Å². The third-order valence-corrected chi connectivity index (χ3v) is 3.26. The first-order valence-electron chi connectivity index (χ1n) is 6.97. The fourth-order valence-corrected chi connectivity index (χ4v) is 2.21. The molecule has 0 radical (unpaired) electrons. The predicted molar refractivity (Wildman–Crippen MR) is 83.3 cm³/mol. The Balaban J connectivity index is 2.18. The van der Waals surface area contributed by atoms with Crippen molar-refractivity contribution >= 4 is 11.8 Å². The summed E-state index contributed by atoms with van der Waals surface area (Å²) < 4.78 is 5.63. The van der Waals surface area contributed by atoms with Crippen LogP contribution in [0.15, 0.2) is 42.5 Å². The number of rotatable bonds is 6. The number of ether oxygens (including phenoxy) is 1. The van der Waals surface area contributed by atoms with Gasteiger partial charge in [-0.15, -0.1) is 0 Å². The average molecular weight is 309 g/mol. The highest BCUT2D eigenvalue weighted by Crippen LogP contribution is 2.20. The zero-order valence-electron chi connectivity index (χ0n) is 12.6. The molecule has 0 aromatic heterocycles. The van der Waals surface area contributed by atoms with Crippen LogP contribution in [0.4, 0.5) is 0 Å². The molecule has 1 N–H and O–H groups in total. The molecular formula is C18H15NO4. The van der Waals surface area contributed by atoms with Crippen molar-refractivity contribution in [3.8, 4) is 11.8 Å². The average Bonchev–Trinajstić information content (AvgIpc) is 2.52. The summed E-state index contributed by atoms with van der Waals surface area (Å²) in [5, 5.41) is 17.8. The molecule has 2 rings (SSSR count). The topological polar surface area (TPSA) is 87.4 Å². The normalized spacial score (nSPS) is 9.91. The summed E-state index contributed by atoms with van der Waals surface area (Å²) in [6.45, 7) is 1.65. The Hall–Kier alpha value is -3.13. The van der Waals surface area contributed by atoms with E-state index in [-0.39, 0.29) is 18.8 Å². The maximum absolute atomic E-state index is 11.5. The van der Waals surface area contributed by atoms with Gasteiger partial charge in [-0.05, 0) is 48.4 Å². The maximum Gasteiger partial charge on any atom is 0.307 e. The molecule has 0 atom stereocenters. The SMILES string of the molecule is CC(=O)c1ccc(OCc2cccc(C#N)c2)cc1CC(=O)O. The predicted octanol–water partition coefficient (Wildman–Crippen LogP) is 2.97. The first kappa shape index (κ1) is 16.2. The maximum atomic E-state index is 11.5. The lowest BCUT2D eigenvalue weighted by Gasteiger charge is -2.10. The molecule has 2 aromatic carbocycles. The Morgan fingerprint density at radius 1 is 1.22 bits per heavy atom. The van der Waals surface area contributed by atoms with Crippen LogP contribution in [0.5, 0.6) is 5.75 Å². The highest BCUT2D eigenvalue weighted by atomic mass is 16.5. The van der Waals surface area contributed by atoms with Crippen molar-refractivity contribution in [3.05, 3.63) is 64.7 Å². The first-order chi connectivity index (χ1) is 11.0. The molecule has 0 aliphatic rings. The van der Waals surface area contributed by atoms with Crippen molar-refractivity contribution in [2.24, 2.45) is 0 Å². The molecule has 0 spiro atoms. The highest BCUT2D eigenvalue weighted by Gasteiger charge is 2.12. The molecule has 0 aliphatic carbocycles. The number of carboxylic acids is 1. The fourth-order valence-electron chi connectivity index (χ4n) is 2.21. The summed E-state index contributed by atoms with van der Waals surface area (Å²) in [5.74, 6) is -0.713. The van der Waals surface area contributed by atoms with Crippen LogP contribution >= 0.6 is 0 Å². The minimum Gasteiger partial charge on any atom is -0.489 e. The van der Waals surface area contributed by atoms with Gasteiger partial charge in [0.05, 0.1) is 18.1 Å². The molecule has 0 saturated heterocycles. The largest absolute Gasteiger partial charge is 0.489 e. The quantitative estimate of drug-likeness (QED) is 0.829. The van der Waals surface area contributed by atoms with E-state index in [2.05, 4.69) is 6.07 Å². The van der Waals surface area contributed by atoms with Crippen molar-refractivity contribution in [1.29, 1.82) is 5.26 Å². The number of benzene rings is 2. The molecule has 2 aromatic rings. The lowest BCUT2D eigenvalue weighted by Crippen LogP contribution is -2.07. The summed E-state index contributed by atoms with van der Waals surface area (Å²) in [5.41, 5.74) is 2.18. The van der Waals surface area contributed by atoms with Gasteiger partial charge in [0.15, 0.2) is 5.78 Å². The smallest absolute Gasteiger partial charge is 0.307 e. The number of carbonyl (C=O) groups is 2. The Bertz CT molecular complexity index is 790. The molecule has 5 nitrogen and oxygen atoms in total. The molecule has 23 heavy (non-hydrogen) atoms. The number of carboxylic acid groups (broad SMARTS) is 1. The zero-order valence-corrected chi connectivity index (χ0v) is 12.6. The molecule has 5 heteroatoms. The fraction of sp³-hybridized carbons (Fsp3) is 0.167. The molecule has 0 unspecified atom stereocenters. The van der Waals surface area contributed by atoms with E-state index in [4.69, 9.17) is 15.1 Å². The van der Waals surface area contributed by atoms with Gasteiger partial charge in [0.1, 0.15) is 12.4 Å². The van der Waals surface area contributed by atoms with Crippen LogP contribution in [0.1, 0.15) is 34.0 Å². The van der Waals surface area contributed by atoms with Crippen LogP contribution < -0.4 is 4.74 Å². The second kappa shape index (κ2) is 7.23.